The molecule has 0 bridgehead atoms. The van der Waals surface area contributed by atoms with E-state index in [0.717, 1.165) is 42.9 Å². The molecule has 1 aliphatic rings. The average molecular weight is 383 g/mol. The van der Waals surface area contributed by atoms with Gasteiger partial charge in [0.15, 0.2) is 5.43 Å². The highest BCUT2D eigenvalue weighted by molar-refractivity contribution is 5.79. The van der Waals surface area contributed by atoms with E-state index in [4.69, 9.17) is 0 Å². The highest BCUT2D eigenvalue weighted by atomic mass is 19.4. The van der Waals surface area contributed by atoms with E-state index in [1.807, 2.05) is 6.08 Å². The molecule has 4 nitrogen and oxygen atoms in total. The summed E-state index contributed by atoms with van der Waals surface area (Å²) in [7, 11) is 2.05. The molecule has 0 spiro atoms. The SMILES string of the molecule is CN1CCN(C/C=C/Cn2c(C(F)(F)F)cc(=O)c3cc(F)ccc32)CC1. The van der Waals surface area contributed by atoms with Gasteiger partial charge in [-0.05, 0) is 25.2 Å². The number of alkyl halides is 3. The van der Waals surface area contributed by atoms with Crippen LogP contribution in [0.2, 0.25) is 0 Å². The quantitative estimate of drug-likeness (QED) is 0.600. The van der Waals surface area contributed by atoms with Crippen molar-refractivity contribution in [3.63, 3.8) is 0 Å². The van der Waals surface area contributed by atoms with Crippen molar-refractivity contribution in [3.05, 3.63) is 58.2 Å². The number of hydrogen-bond acceptors (Lipinski definition) is 3. The molecule has 0 aliphatic carbocycles. The van der Waals surface area contributed by atoms with E-state index >= 15 is 0 Å². The summed E-state index contributed by atoms with van der Waals surface area (Å²) in [6.07, 6.45) is -1.19. The first-order chi connectivity index (χ1) is 12.8. The van der Waals surface area contributed by atoms with E-state index in [0.29, 0.717) is 12.6 Å². The predicted molar refractivity (Wildman–Crippen MR) is 96.2 cm³/mol. The largest absolute Gasteiger partial charge is 0.431 e. The molecule has 1 saturated heterocycles. The molecule has 27 heavy (non-hydrogen) atoms. The monoisotopic (exact) mass is 383 g/mol. The molecule has 0 unspecified atom stereocenters. The third-order valence-corrected chi connectivity index (χ3v) is 4.78. The van der Waals surface area contributed by atoms with E-state index in [2.05, 4.69) is 16.8 Å². The van der Waals surface area contributed by atoms with Gasteiger partial charge in [0.2, 0.25) is 0 Å². The van der Waals surface area contributed by atoms with Crippen LogP contribution in [0.5, 0.6) is 0 Å². The van der Waals surface area contributed by atoms with Gasteiger partial charge in [0.25, 0.3) is 0 Å². The molecular weight excluding hydrogens is 362 g/mol. The van der Waals surface area contributed by atoms with E-state index in [1.54, 1.807) is 6.08 Å². The van der Waals surface area contributed by atoms with Crippen molar-refractivity contribution in [2.24, 2.45) is 0 Å². The second kappa shape index (κ2) is 7.82. The van der Waals surface area contributed by atoms with Gasteiger partial charge in [0, 0.05) is 50.7 Å². The summed E-state index contributed by atoms with van der Waals surface area (Å²) in [5.74, 6) is -0.656. The second-order valence-corrected chi connectivity index (χ2v) is 6.74. The molecule has 146 valence electrons. The van der Waals surface area contributed by atoms with Crippen LogP contribution in [0.15, 0.2) is 41.2 Å². The molecule has 1 fully saturated rings. The van der Waals surface area contributed by atoms with Crippen LogP contribution in [-0.4, -0.2) is 54.1 Å². The van der Waals surface area contributed by atoms with Gasteiger partial charge in [-0.1, -0.05) is 12.2 Å². The van der Waals surface area contributed by atoms with Gasteiger partial charge in [0.05, 0.1) is 5.52 Å². The van der Waals surface area contributed by atoms with Crippen LogP contribution in [0.3, 0.4) is 0 Å². The number of likely N-dealkylation sites (N-methyl/N-ethyl adjacent to an activating group) is 1. The maximum Gasteiger partial charge on any atom is 0.431 e. The molecule has 8 heteroatoms. The Labute approximate surface area is 154 Å². The lowest BCUT2D eigenvalue weighted by atomic mass is 10.1. The molecule has 3 rings (SSSR count). The Kier molecular flexibility index (Phi) is 5.67. The second-order valence-electron chi connectivity index (χ2n) is 6.74. The van der Waals surface area contributed by atoms with Crippen LogP contribution >= 0.6 is 0 Å². The minimum absolute atomic E-state index is 0.0506. The highest BCUT2D eigenvalue weighted by Gasteiger charge is 2.34. The predicted octanol–water partition coefficient (Wildman–Crippen LogP) is 2.96. The molecular formula is C19H21F4N3O. The number of hydrogen-bond donors (Lipinski definition) is 0. The highest BCUT2D eigenvalue weighted by Crippen LogP contribution is 2.30. The third kappa shape index (κ3) is 4.56. The van der Waals surface area contributed by atoms with Crippen molar-refractivity contribution in [1.29, 1.82) is 0 Å². The first-order valence-electron chi connectivity index (χ1n) is 8.72. The lowest BCUT2D eigenvalue weighted by Gasteiger charge is -2.31. The minimum Gasteiger partial charge on any atom is -0.333 e. The molecule has 1 aliphatic heterocycles. The number of rotatable bonds is 4. The zero-order valence-electron chi connectivity index (χ0n) is 15.0. The standard InChI is InChI=1S/C19H21F4N3O/c1-24-8-10-25(11-9-24)6-2-3-7-26-16-5-4-14(20)12-15(16)17(27)13-18(26)19(21,22)23/h2-5,12-13H,6-11H2,1H3/b3-2+. The minimum atomic E-state index is -4.67. The summed E-state index contributed by atoms with van der Waals surface area (Å²) in [6, 6.07) is 3.79. The lowest BCUT2D eigenvalue weighted by Crippen LogP contribution is -2.44. The number of allylic oxidation sites excluding steroid dienone is 1. The zero-order chi connectivity index (χ0) is 19.6. The van der Waals surface area contributed by atoms with Crippen molar-refractivity contribution >= 4 is 10.9 Å². The molecule has 2 aromatic rings. The summed E-state index contributed by atoms with van der Waals surface area (Å²) < 4.78 is 54.6. The van der Waals surface area contributed by atoms with E-state index < -0.39 is 23.1 Å². The summed E-state index contributed by atoms with van der Waals surface area (Å²) in [4.78, 5) is 16.5. The van der Waals surface area contributed by atoms with Gasteiger partial charge in [-0.15, -0.1) is 0 Å². The maximum absolute atomic E-state index is 13.4. The Morgan fingerprint density at radius 1 is 1.04 bits per heavy atom. The van der Waals surface area contributed by atoms with Crippen LogP contribution in [0.1, 0.15) is 5.69 Å². The number of nitrogens with zero attached hydrogens (tertiary/aromatic N) is 3. The fourth-order valence-electron chi connectivity index (χ4n) is 3.22. The first kappa shape index (κ1) is 19.6. The van der Waals surface area contributed by atoms with Gasteiger partial charge in [-0.2, -0.15) is 13.2 Å². The first-order valence-corrected chi connectivity index (χ1v) is 8.72. The average Bonchev–Trinajstić information content (AvgIpc) is 2.61. The van der Waals surface area contributed by atoms with Crippen molar-refractivity contribution in [3.8, 4) is 0 Å². The number of pyridine rings is 1. The number of fused-ring (bicyclic) bond motifs is 1. The third-order valence-electron chi connectivity index (χ3n) is 4.78. The molecule has 2 heterocycles. The van der Waals surface area contributed by atoms with E-state index in [9.17, 15) is 22.4 Å². The van der Waals surface area contributed by atoms with Gasteiger partial charge in [-0.3, -0.25) is 9.69 Å². The fraction of sp³-hybridized carbons (Fsp3) is 0.421. The van der Waals surface area contributed by atoms with Crippen molar-refractivity contribution < 1.29 is 17.6 Å². The maximum atomic E-state index is 13.4. The fourth-order valence-corrected chi connectivity index (χ4v) is 3.22. The molecule has 0 amide bonds. The normalized spacial score (nSPS) is 17.2. The van der Waals surface area contributed by atoms with Gasteiger partial charge in [-0.25, -0.2) is 4.39 Å². The van der Waals surface area contributed by atoms with Crippen LogP contribution in [0.25, 0.3) is 10.9 Å². The zero-order valence-corrected chi connectivity index (χ0v) is 15.0. The van der Waals surface area contributed by atoms with Gasteiger partial charge >= 0.3 is 6.18 Å². The van der Waals surface area contributed by atoms with Crippen LogP contribution < -0.4 is 5.43 Å². The van der Waals surface area contributed by atoms with Crippen LogP contribution in [0.4, 0.5) is 17.6 Å². The van der Waals surface area contributed by atoms with Crippen molar-refractivity contribution in [2.45, 2.75) is 12.7 Å². The number of aromatic nitrogens is 1. The van der Waals surface area contributed by atoms with Gasteiger partial charge in [0.1, 0.15) is 11.5 Å². The van der Waals surface area contributed by atoms with Crippen molar-refractivity contribution in [2.75, 3.05) is 39.8 Å². The summed E-state index contributed by atoms with van der Waals surface area (Å²) >= 11 is 0. The number of halogens is 4. The summed E-state index contributed by atoms with van der Waals surface area (Å²) in [5, 5.41) is -0.0598. The van der Waals surface area contributed by atoms with Crippen molar-refractivity contribution in [1.82, 2.24) is 14.4 Å². The van der Waals surface area contributed by atoms with E-state index in [-0.39, 0.29) is 17.4 Å². The Morgan fingerprint density at radius 3 is 2.37 bits per heavy atom. The van der Waals surface area contributed by atoms with Crippen LogP contribution in [0, 0.1) is 5.82 Å². The Balaban J connectivity index is 1.86. The molecule has 0 atom stereocenters. The number of benzene rings is 1. The Morgan fingerprint density at radius 2 is 1.70 bits per heavy atom. The number of piperazine rings is 1. The molecule has 0 N–H and O–H groups in total. The molecule has 1 aromatic heterocycles. The van der Waals surface area contributed by atoms with Gasteiger partial charge < -0.3 is 9.47 Å². The van der Waals surface area contributed by atoms with Crippen LogP contribution in [-0.2, 0) is 12.7 Å². The topological polar surface area (TPSA) is 28.5 Å². The smallest absolute Gasteiger partial charge is 0.333 e. The summed E-state index contributed by atoms with van der Waals surface area (Å²) in [5.41, 5.74) is -1.80. The van der Waals surface area contributed by atoms with E-state index in [1.165, 1.54) is 6.07 Å². The molecule has 0 radical (unpaired) electrons. The Hall–Kier alpha value is -2.19. The Bertz CT molecular complexity index is 896. The lowest BCUT2D eigenvalue weighted by molar-refractivity contribution is -0.143. The molecule has 0 saturated carbocycles. The summed E-state index contributed by atoms with van der Waals surface area (Å²) in [6.45, 7) is 4.35. The molecule has 1 aromatic carbocycles.